The summed E-state index contributed by atoms with van der Waals surface area (Å²) in [5, 5.41) is 3.07. The molecular weight excluding hydrogens is 250 g/mol. The fourth-order valence-corrected chi connectivity index (χ4v) is 2.54. The van der Waals surface area contributed by atoms with Gasteiger partial charge in [-0.3, -0.25) is 4.79 Å². The van der Waals surface area contributed by atoms with Crippen LogP contribution < -0.4 is 5.32 Å². The summed E-state index contributed by atoms with van der Waals surface area (Å²) in [6.07, 6.45) is 2.11. The highest BCUT2D eigenvalue weighted by molar-refractivity contribution is 5.79. The van der Waals surface area contributed by atoms with Crippen molar-refractivity contribution in [3.8, 4) is 0 Å². The van der Waals surface area contributed by atoms with E-state index in [-0.39, 0.29) is 18.4 Å². The quantitative estimate of drug-likeness (QED) is 0.901. The van der Waals surface area contributed by atoms with Gasteiger partial charge in [0.2, 0.25) is 5.91 Å². The second-order valence-corrected chi connectivity index (χ2v) is 4.87. The van der Waals surface area contributed by atoms with Gasteiger partial charge >= 0.3 is 0 Å². The topological polar surface area (TPSA) is 32.3 Å². The summed E-state index contributed by atoms with van der Waals surface area (Å²) in [7, 11) is 1.86. The van der Waals surface area contributed by atoms with Crippen molar-refractivity contribution in [2.75, 3.05) is 20.1 Å². The number of halogens is 2. The third kappa shape index (κ3) is 3.29. The van der Waals surface area contributed by atoms with Crippen molar-refractivity contribution in [1.29, 1.82) is 0 Å². The standard InChI is InChI=1S/C14H18F2N2O/c1-17-9-11-3-2-6-18(11)14(19)8-10-4-5-12(15)13(16)7-10/h4-5,7,11,17H,2-3,6,8-9H2,1H3. The van der Waals surface area contributed by atoms with Crippen LogP contribution >= 0.6 is 0 Å². The van der Waals surface area contributed by atoms with E-state index in [2.05, 4.69) is 5.32 Å². The lowest BCUT2D eigenvalue weighted by molar-refractivity contribution is -0.131. The fourth-order valence-electron chi connectivity index (χ4n) is 2.54. The van der Waals surface area contributed by atoms with Gasteiger partial charge in [-0.05, 0) is 37.6 Å². The molecule has 0 bridgehead atoms. The largest absolute Gasteiger partial charge is 0.338 e. The first-order chi connectivity index (χ1) is 9.11. The molecule has 1 fully saturated rings. The zero-order chi connectivity index (χ0) is 13.8. The zero-order valence-corrected chi connectivity index (χ0v) is 11.0. The summed E-state index contributed by atoms with van der Waals surface area (Å²) in [6, 6.07) is 3.82. The van der Waals surface area contributed by atoms with E-state index in [0.29, 0.717) is 5.56 Å². The molecule has 1 unspecified atom stereocenters. The van der Waals surface area contributed by atoms with Crippen molar-refractivity contribution in [2.45, 2.75) is 25.3 Å². The molecule has 1 amide bonds. The molecule has 1 aliphatic heterocycles. The summed E-state index contributed by atoms with van der Waals surface area (Å²) >= 11 is 0. The molecular formula is C14H18F2N2O. The zero-order valence-electron chi connectivity index (χ0n) is 11.0. The van der Waals surface area contributed by atoms with E-state index in [1.807, 2.05) is 11.9 Å². The molecule has 1 atom stereocenters. The molecule has 1 aromatic rings. The van der Waals surface area contributed by atoms with Gasteiger partial charge in [0, 0.05) is 19.1 Å². The molecule has 1 N–H and O–H groups in total. The van der Waals surface area contributed by atoms with Crippen LogP contribution in [0.5, 0.6) is 0 Å². The molecule has 0 spiro atoms. The maximum Gasteiger partial charge on any atom is 0.227 e. The SMILES string of the molecule is CNCC1CCCN1C(=O)Cc1ccc(F)c(F)c1. The first-order valence-corrected chi connectivity index (χ1v) is 6.50. The molecule has 2 rings (SSSR count). The number of likely N-dealkylation sites (N-methyl/N-ethyl adjacent to an activating group) is 1. The van der Waals surface area contributed by atoms with Crippen LogP contribution in [-0.4, -0.2) is 37.0 Å². The minimum Gasteiger partial charge on any atom is -0.338 e. The van der Waals surface area contributed by atoms with Gasteiger partial charge in [0.25, 0.3) is 0 Å². The first kappa shape index (κ1) is 13.9. The Kier molecular flexibility index (Phi) is 4.47. The second kappa shape index (κ2) is 6.10. The van der Waals surface area contributed by atoms with Gasteiger partial charge in [0.1, 0.15) is 0 Å². The number of carbonyl (C=O) groups excluding carboxylic acids is 1. The maximum atomic E-state index is 13.1. The van der Waals surface area contributed by atoms with E-state index in [1.165, 1.54) is 6.07 Å². The molecule has 1 heterocycles. The molecule has 19 heavy (non-hydrogen) atoms. The van der Waals surface area contributed by atoms with Crippen LogP contribution in [0.3, 0.4) is 0 Å². The Hall–Kier alpha value is -1.49. The van der Waals surface area contributed by atoms with Gasteiger partial charge in [-0.25, -0.2) is 8.78 Å². The van der Waals surface area contributed by atoms with Gasteiger partial charge in [0.05, 0.1) is 6.42 Å². The van der Waals surface area contributed by atoms with Gasteiger partial charge in [-0.2, -0.15) is 0 Å². The average molecular weight is 268 g/mol. The highest BCUT2D eigenvalue weighted by atomic mass is 19.2. The van der Waals surface area contributed by atoms with E-state index >= 15 is 0 Å². The molecule has 5 heteroatoms. The molecule has 0 aromatic heterocycles. The monoisotopic (exact) mass is 268 g/mol. The molecule has 0 saturated carbocycles. The average Bonchev–Trinajstić information content (AvgIpc) is 2.83. The van der Waals surface area contributed by atoms with Crippen molar-refractivity contribution < 1.29 is 13.6 Å². The van der Waals surface area contributed by atoms with Gasteiger partial charge in [0.15, 0.2) is 11.6 Å². The van der Waals surface area contributed by atoms with Crippen molar-refractivity contribution in [3.05, 3.63) is 35.4 Å². The smallest absolute Gasteiger partial charge is 0.227 e. The number of likely N-dealkylation sites (tertiary alicyclic amines) is 1. The number of nitrogens with one attached hydrogen (secondary N) is 1. The summed E-state index contributed by atoms with van der Waals surface area (Å²) in [5.41, 5.74) is 0.513. The van der Waals surface area contributed by atoms with Crippen molar-refractivity contribution >= 4 is 5.91 Å². The Bertz CT molecular complexity index is 465. The molecule has 0 radical (unpaired) electrons. The Labute approximate surface area is 111 Å². The second-order valence-electron chi connectivity index (χ2n) is 4.87. The first-order valence-electron chi connectivity index (χ1n) is 6.50. The minimum absolute atomic E-state index is 0.0243. The highest BCUT2D eigenvalue weighted by Gasteiger charge is 2.27. The Morgan fingerprint density at radius 3 is 2.89 bits per heavy atom. The third-order valence-electron chi connectivity index (χ3n) is 3.48. The Balaban J connectivity index is 2.02. The van der Waals surface area contributed by atoms with E-state index in [9.17, 15) is 13.6 Å². The van der Waals surface area contributed by atoms with Crippen LogP contribution in [0.15, 0.2) is 18.2 Å². The predicted octanol–water partition coefficient (Wildman–Crippen LogP) is 1.72. The Morgan fingerprint density at radius 1 is 1.42 bits per heavy atom. The van der Waals surface area contributed by atoms with Crippen LogP contribution in [-0.2, 0) is 11.2 Å². The van der Waals surface area contributed by atoms with E-state index in [1.54, 1.807) is 0 Å². The molecule has 1 aliphatic rings. The number of hydrogen-bond donors (Lipinski definition) is 1. The summed E-state index contributed by atoms with van der Waals surface area (Å²) < 4.78 is 25.9. The fraction of sp³-hybridized carbons (Fsp3) is 0.500. The lowest BCUT2D eigenvalue weighted by Gasteiger charge is -2.24. The number of nitrogens with zero attached hydrogens (tertiary/aromatic N) is 1. The van der Waals surface area contributed by atoms with Gasteiger partial charge in [-0.15, -0.1) is 0 Å². The number of amides is 1. The number of carbonyl (C=O) groups is 1. The summed E-state index contributed by atoms with van der Waals surface area (Å²) in [5.74, 6) is -1.81. The van der Waals surface area contributed by atoms with Crippen molar-refractivity contribution in [3.63, 3.8) is 0 Å². The van der Waals surface area contributed by atoms with E-state index < -0.39 is 11.6 Å². The molecule has 3 nitrogen and oxygen atoms in total. The Morgan fingerprint density at radius 2 is 2.21 bits per heavy atom. The van der Waals surface area contributed by atoms with Crippen LogP contribution in [0.1, 0.15) is 18.4 Å². The van der Waals surface area contributed by atoms with E-state index in [0.717, 1.165) is 38.1 Å². The molecule has 104 valence electrons. The van der Waals surface area contributed by atoms with Crippen LogP contribution in [0, 0.1) is 11.6 Å². The van der Waals surface area contributed by atoms with Gasteiger partial charge < -0.3 is 10.2 Å². The van der Waals surface area contributed by atoms with Crippen molar-refractivity contribution in [1.82, 2.24) is 10.2 Å². The van der Waals surface area contributed by atoms with Crippen LogP contribution in [0.4, 0.5) is 8.78 Å². The summed E-state index contributed by atoms with van der Waals surface area (Å²) in [6.45, 7) is 1.51. The molecule has 1 saturated heterocycles. The van der Waals surface area contributed by atoms with E-state index in [4.69, 9.17) is 0 Å². The highest BCUT2D eigenvalue weighted by Crippen LogP contribution is 2.18. The minimum atomic E-state index is -0.904. The molecule has 0 aliphatic carbocycles. The number of rotatable bonds is 4. The number of hydrogen-bond acceptors (Lipinski definition) is 2. The third-order valence-corrected chi connectivity index (χ3v) is 3.48. The van der Waals surface area contributed by atoms with Crippen molar-refractivity contribution in [2.24, 2.45) is 0 Å². The van der Waals surface area contributed by atoms with Crippen LogP contribution in [0.2, 0.25) is 0 Å². The lowest BCUT2D eigenvalue weighted by atomic mass is 10.1. The lowest BCUT2D eigenvalue weighted by Crippen LogP contribution is -2.41. The molecule has 1 aromatic carbocycles. The van der Waals surface area contributed by atoms with Gasteiger partial charge in [-0.1, -0.05) is 6.07 Å². The van der Waals surface area contributed by atoms with Crippen LogP contribution in [0.25, 0.3) is 0 Å². The summed E-state index contributed by atoms with van der Waals surface area (Å²) in [4.78, 5) is 14.0. The normalized spacial score (nSPS) is 18.9. The predicted molar refractivity (Wildman–Crippen MR) is 68.7 cm³/mol. The maximum absolute atomic E-state index is 13.1. The number of benzene rings is 1.